The number of benzene rings is 10. The van der Waals surface area contributed by atoms with Crippen molar-refractivity contribution in [1.29, 1.82) is 0 Å². The third-order valence-corrected chi connectivity index (χ3v) is 12.4. The van der Waals surface area contributed by atoms with Crippen LogP contribution < -0.4 is 4.90 Å². The van der Waals surface area contributed by atoms with Crippen molar-refractivity contribution < 1.29 is 0 Å². The van der Waals surface area contributed by atoms with Crippen molar-refractivity contribution in [3.05, 3.63) is 212 Å². The molecule has 0 radical (unpaired) electrons. The minimum atomic E-state index is 1.13. The summed E-state index contributed by atoms with van der Waals surface area (Å²) in [6.07, 6.45) is 0. The van der Waals surface area contributed by atoms with Crippen LogP contribution in [0.1, 0.15) is 0 Å². The summed E-state index contributed by atoms with van der Waals surface area (Å²) in [5.41, 5.74) is 10.6. The molecule has 0 unspecified atom stereocenters. The van der Waals surface area contributed by atoms with Gasteiger partial charge in [-0.15, -0.1) is 11.3 Å². The first-order valence-electron chi connectivity index (χ1n) is 19.2. The Morgan fingerprint density at radius 3 is 1.62 bits per heavy atom. The monoisotopic (exact) mass is 729 g/mol. The molecule has 0 N–H and O–H groups in total. The number of fused-ring (bicyclic) bond motifs is 6. The first-order chi connectivity index (χ1) is 27.8. The summed E-state index contributed by atoms with van der Waals surface area (Å²) in [6, 6.07) is 78.0. The zero-order valence-electron chi connectivity index (χ0n) is 30.6. The van der Waals surface area contributed by atoms with E-state index in [1.54, 1.807) is 0 Å². The van der Waals surface area contributed by atoms with Crippen LogP contribution >= 0.6 is 11.3 Å². The van der Waals surface area contributed by atoms with Crippen molar-refractivity contribution in [2.45, 2.75) is 0 Å². The average molecular weight is 730 g/mol. The van der Waals surface area contributed by atoms with Gasteiger partial charge in [0.2, 0.25) is 0 Å². The molecule has 0 amide bonds. The molecule has 0 atom stereocenters. The second-order valence-corrected chi connectivity index (χ2v) is 15.5. The van der Waals surface area contributed by atoms with Gasteiger partial charge in [-0.05, 0) is 91.0 Å². The molecule has 11 aromatic rings. The van der Waals surface area contributed by atoms with Crippen molar-refractivity contribution in [2.24, 2.45) is 0 Å². The molecule has 0 aliphatic rings. The highest BCUT2D eigenvalue weighted by atomic mass is 32.1. The van der Waals surface area contributed by atoms with Crippen LogP contribution in [0.2, 0.25) is 0 Å². The van der Waals surface area contributed by atoms with Crippen molar-refractivity contribution in [2.75, 3.05) is 4.90 Å². The molecule has 0 spiro atoms. The second-order valence-electron chi connectivity index (χ2n) is 14.4. The van der Waals surface area contributed by atoms with E-state index < -0.39 is 0 Å². The van der Waals surface area contributed by atoms with Gasteiger partial charge in [0, 0.05) is 31.3 Å². The Balaban J connectivity index is 1.31. The second kappa shape index (κ2) is 13.4. The molecule has 2 heteroatoms. The van der Waals surface area contributed by atoms with Crippen molar-refractivity contribution in [3.63, 3.8) is 0 Å². The van der Waals surface area contributed by atoms with E-state index in [1.165, 1.54) is 85.9 Å². The summed E-state index contributed by atoms with van der Waals surface area (Å²) in [6.45, 7) is 0. The Kier molecular flexibility index (Phi) is 7.75. The molecule has 11 rings (SSSR count). The van der Waals surface area contributed by atoms with Gasteiger partial charge in [-0.2, -0.15) is 0 Å². The van der Waals surface area contributed by atoms with Gasteiger partial charge in [0.15, 0.2) is 0 Å². The van der Waals surface area contributed by atoms with E-state index in [-0.39, 0.29) is 0 Å². The Morgan fingerprint density at radius 2 is 0.857 bits per heavy atom. The normalized spacial score (nSPS) is 11.6. The van der Waals surface area contributed by atoms with E-state index in [9.17, 15) is 0 Å². The highest BCUT2D eigenvalue weighted by Crippen LogP contribution is 2.52. The third kappa shape index (κ3) is 5.30. The number of nitrogens with zero attached hydrogens (tertiary/aromatic N) is 1. The lowest BCUT2D eigenvalue weighted by molar-refractivity contribution is 1.31. The van der Waals surface area contributed by atoms with Gasteiger partial charge in [-0.3, -0.25) is 0 Å². The van der Waals surface area contributed by atoms with Crippen LogP contribution in [-0.4, -0.2) is 0 Å². The van der Waals surface area contributed by atoms with E-state index in [1.807, 2.05) is 11.3 Å². The summed E-state index contributed by atoms with van der Waals surface area (Å²) < 4.78 is 2.56. The summed E-state index contributed by atoms with van der Waals surface area (Å²) in [4.78, 5) is 2.57. The summed E-state index contributed by atoms with van der Waals surface area (Å²) in [5.74, 6) is 0. The Hall–Kier alpha value is -7.00. The maximum atomic E-state index is 2.57. The fraction of sp³-hybridized carbons (Fsp3) is 0. The van der Waals surface area contributed by atoms with Crippen molar-refractivity contribution in [3.8, 4) is 33.4 Å². The fourth-order valence-corrected chi connectivity index (χ4v) is 9.85. The first kappa shape index (κ1) is 32.4. The zero-order chi connectivity index (χ0) is 37.0. The van der Waals surface area contributed by atoms with E-state index in [0.717, 1.165) is 17.1 Å². The summed E-state index contributed by atoms with van der Waals surface area (Å²) in [5, 5.41) is 9.89. The van der Waals surface area contributed by atoms with Crippen LogP contribution in [0.25, 0.3) is 85.9 Å². The molecule has 10 aromatic carbocycles. The summed E-state index contributed by atoms with van der Waals surface area (Å²) in [7, 11) is 0. The quantitative estimate of drug-likeness (QED) is 0.165. The lowest BCUT2D eigenvalue weighted by Gasteiger charge is -2.32. The van der Waals surface area contributed by atoms with Gasteiger partial charge in [0.1, 0.15) is 0 Å². The van der Waals surface area contributed by atoms with Gasteiger partial charge < -0.3 is 4.90 Å². The molecular weight excluding hydrogens is 695 g/mol. The first-order valence-corrected chi connectivity index (χ1v) is 20.0. The molecular formula is C54H35NS. The number of thiophene rings is 1. The van der Waals surface area contributed by atoms with Crippen LogP contribution in [0.5, 0.6) is 0 Å². The Bertz CT molecular complexity index is 3260. The number of hydrogen-bond donors (Lipinski definition) is 0. The molecule has 0 fully saturated rings. The molecule has 1 aromatic heterocycles. The highest BCUT2D eigenvalue weighted by molar-refractivity contribution is 7.26. The van der Waals surface area contributed by atoms with Crippen LogP contribution in [0.15, 0.2) is 212 Å². The minimum Gasteiger partial charge on any atom is -0.309 e. The molecule has 0 aliphatic heterocycles. The Labute approximate surface area is 330 Å². The average Bonchev–Trinajstić information content (AvgIpc) is 3.66. The van der Waals surface area contributed by atoms with E-state index in [0.29, 0.717) is 0 Å². The molecule has 262 valence electrons. The van der Waals surface area contributed by atoms with Gasteiger partial charge in [-0.25, -0.2) is 0 Å². The number of rotatable bonds is 6. The maximum absolute atomic E-state index is 2.57. The topological polar surface area (TPSA) is 3.24 Å². The number of hydrogen-bond acceptors (Lipinski definition) is 2. The van der Waals surface area contributed by atoms with Crippen LogP contribution in [-0.2, 0) is 0 Å². The fourth-order valence-electron chi connectivity index (χ4n) is 8.72. The van der Waals surface area contributed by atoms with Gasteiger partial charge in [0.05, 0.1) is 17.1 Å². The van der Waals surface area contributed by atoms with Crippen molar-refractivity contribution in [1.82, 2.24) is 0 Å². The van der Waals surface area contributed by atoms with Crippen molar-refractivity contribution >= 4 is 80.9 Å². The minimum absolute atomic E-state index is 1.13. The standard InChI is InChI=1S/C54H35NS/c1-2-15-36(16-3-1)40-32-33-48(47(35-40)44-26-12-20-37-17-4-7-22-41(37)44)55(49-28-14-30-52-54(49)46-25-10-11-29-51(46)56-52)50-34-31-39-19-6-9-24-43(39)53(50)45-27-13-21-38-18-5-8-23-42(38)45/h1-35H. The van der Waals surface area contributed by atoms with Gasteiger partial charge >= 0.3 is 0 Å². The van der Waals surface area contributed by atoms with E-state index in [2.05, 4.69) is 217 Å². The molecule has 56 heavy (non-hydrogen) atoms. The van der Waals surface area contributed by atoms with Crippen LogP contribution in [0.4, 0.5) is 17.1 Å². The SMILES string of the molecule is c1ccc(-c2ccc(N(c3ccc4ccccc4c3-c3cccc4ccccc34)c3cccc4sc5ccccc5c34)c(-c3cccc4ccccc34)c2)cc1. The van der Waals surface area contributed by atoms with Gasteiger partial charge in [0.25, 0.3) is 0 Å². The molecule has 0 bridgehead atoms. The predicted molar refractivity (Wildman–Crippen MR) is 243 cm³/mol. The highest BCUT2D eigenvalue weighted by Gasteiger charge is 2.26. The van der Waals surface area contributed by atoms with Crippen LogP contribution in [0.3, 0.4) is 0 Å². The molecule has 0 saturated heterocycles. The molecule has 1 nitrogen and oxygen atoms in total. The predicted octanol–water partition coefficient (Wildman–Crippen LogP) is 16.0. The van der Waals surface area contributed by atoms with Crippen LogP contribution in [0, 0.1) is 0 Å². The van der Waals surface area contributed by atoms with E-state index >= 15 is 0 Å². The van der Waals surface area contributed by atoms with E-state index in [4.69, 9.17) is 0 Å². The molecule has 0 saturated carbocycles. The number of anilines is 3. The largest absolute Gasteiger partial charge is 0.309 e. The Morgan fingerprint density at radius 1 is 0.304 bits per heavy atom. The molecule has 1 heterocycles. The van der Waals surface area contributed by atoms with Gasteiger partial charge in [-0.1, -0.05) is 176 Å². The third-order valence-electron chi connectivity index (χ3n) is 11.3. The lowest BCUT2D eigenvalue weighted by atomic mass is 9.90. The summed E-state index contributed by atoms with van der Waals surface area (Å²) >= 11 is 1.86. The smallest absolute Gasteiger partial charge is 0.0555 e. The molecule has 0 aliphatic carbocycles. The maximum Gasteiger partial charge on any atom is 0.0555 e. The lowest BCUT2D eigenvalue weighted by Crippen LogP contribution is -2.13. The zero-order valence-corrected chi connectivity index (χ0v) is 31.4.